The molecule has 3 aromatic carbocycles. The van der Waals surface area contributed by atoms with Crippen LogP contribution in [0.4, 0.5) is 11.4 Å². The summed E-state index contributed by atoms with van der Waals surface area (Å²) in [6.45, 7) is 4.98. The molecule has 8 heteroatoms. The van der Waals surface area contributed by atoms with Gasteiger partial charge in [-0.2, -0.15) is 0 Å². The Balaban J connectivity index is 1.31. The molecule has 0 unspecified atom stereocenters. The molecule has 0 aliphatic carbocycles. The van der Waals surface area contributed by atoms with Crippen molar-refractivity contribution in [2.24, 2.45) is 0 Å². The molecular formula is C29H29Br2N3O3. The smallest absolute Gasteiger partial charge is 0.253 e. The molecule has 0 atom stereocenters. The van der Waals surface area contributed by atoms with Crippen LogP contribution in [-0.2, 0) is 11.2 Å². The van der Waals surface area contributed by atoms with E-state index in [-0.39, 0.29) is 11.8 Å². The Morgan fingerprint density at radius 3 is 2.27 bits per heavy atom. The van der Waals surface area contributed by atoms with E-state index < -0.39 is 0 Å². The number of ether oxygens (including phenoxy) is 1. The molecular weight excluding hydrogens is 598 g/mol. The highest BCUT2D eigenvalue weighted by molar-refractivity contribution is 9.11. The minimum atomic E-state index is -0.231. The number of nitrogens with zero attached hydrogens (tertiary/aromatic N) is 2. The third kappa shape index (κ3) is 6.81. The lowest BCUT2D eigenvalue weighted by atomic mass is 10.1. The summed E-state index contributed by atoms with van der Waals surface area (Å²) < 4.78 is 7.11. The minimum Gasteiger partial charge on any atom is -0.495 e. The van der Waals surface area contributed by atoms with Crippen molar-refractivity contribution in [3.8, 4) is 5.75 Å². The average Bonchev–Trinajstić information content (AvgIpc) is 2.92. The van der Waals surface area contributed by atoms with Crippen molar-refractivity contribution in [1.29, 1.82) is 0 Å². The van der Waals surface area contributed by atoms with E-state index in [4.69, 9.17) is 4.74 Å². The molecule has 0 aromatic heterocycles. The van der Waals surface area contributed by atoms with Crippen molar-refractivity contribution in [1.82, 2.24) is 4.90 Å². The maximum absolute atomic E-state index is 12.9. The summed E-state index contributed by atoms with van der Waals surface area (Å²) >= 11 is 6.93. The van der Waals surface area contributed by atoms with Gasteiger partial charge in [0.15, 0.2) is 0 Å². The summed E-state index contributed by atoms with van der Waals surface area (Å²) in [5, 5.41) is 2.90. The van der Waals surface area contributed by atoms with E-state index in [0.717, 1.165) is 45.3 Å². The van der Waals surface area contributed by atoms with Gasteiger partial charge in [-0.25, -0.2) is 0 Å². The zero-order chi connectivity index (χ0) is 26.4. The van der Waals surface area contributed by atoms with Crippen LogP contribution in [0.2, 0.25) is 0 Å². The predicted molar refractivity (Wildman–Crippen MR) is 156 cm³/mol. The van der Waals surface area contributed by atoms with E-state index in [1.165, 1.54) is 11.6 Å². The van der Waals surface area contributed by atoms with Crippen molar-refractivity contribution in [2.45, 2.75) is 13.3 Å². The van der Waals surface area contributed by atoms with Gasteiger partial charge in [-0.15, -0.1) is 0 Å². The minimum absolute atomic E-state index is 0.0845. The summed E-state index contributed by atoms with van der Waals surface area (Å²) in [6.07, 6.45) is 4.17. The summed E-state index contributed by atoms with van der Waals surface area (Å²) in [7, 11) is 1.59. The monoisotopic (exact) mass is 625 g/mol. The number of carbonyl (C=O) groups is 2. The Morgan fingerprint density at radius 1 is 0.973 bits per heavy atom. The van der Waals surface area contributed by atoms with Crippen LogP contribution in [0.5, 0.6) is 5.75 Å². The highest BCUT2D eigenvalue weighted by Gasteiger charge is 2.22. The van der Waals surface area contributed by atoms with E-state index in [0.29, 0.717) is 24.5 Å². The number of aryl methyl sites for hydroxylation is 1. The first-order valence-electron chi connectivity index (χ1n) is 12.1. The summed E-state index contributed by atoms with van der Waals surface area (Å²) in [5.41, 5.74) is 4.53. The van der Waals surface area contributed by atoms with E-state index in [1.54, 1.807) is 13.2 Å². The molecule has 1 aliphatic rings. The number of piperazine rings is 1. The molecule has 1 saturated heterocycles. The highest BCUT2D eigenvalue weighted by Crippen LogP contribution is 2.33. The number of carbonyl (C=O) groups excluding carboxylic acids is 2. The van der Waals surface area contributed by atoms with Crippen molar-refractivity contribution in [3.05, 3.63) is 92.4 Å². The largest absolute Gasteiger partial charge is 0.495 e. The molecule has 2 amide bonds. The number of benzene rings is 3. The van der Waals surface area contributed by atoms with Crippen LogP contribution >= 0.6 is 31.9 Å². The molecule has 4 rings (SSSR count). The van der Waals surface area contributed by atoms with Crippen LogP contribution in [-0.4, -0.2) is 50.0 Å². The lowest BCUT2D eigenvalue weighted by Gasteiger charge is -2.36. The molecule has 1 N–H and O–H groups in total. The Morgan fingerprint density at radius 2 is 1.65 bits per heavy atom. The second-order valence-electron chi connectivity index (χ2n) is 8.71. The fourth-order valence-electron chi connectivity index (χ4n) is 4.26. The summed E-state index contributed by atoms with van der Waals surface area (Å²) in [4.78, 5) is 29.5. The molecule has 0 bridgehead atoms. The first-order valence-corrected chi connectivity index (χ1v) is 13.7. The topological polar surface area (TPSA) is 61.9 Å². The van der Waals surface area contributed by atoms with E-state index >= 15 is 0 Å². The van der Waals surface area contributed by atoms with E-state index in [1.807, 2.05) is 65.6 Å². The average molecular weight is 627 g/mol. The van der Waals surface area contributed by atoms with Crippen LogP contribution in [0.15, 0.2) is 75.7 Å². The molecule has 6 nitrogen and oxygen atoms in total. The Labute approximate surface area is 234 Å². The van der Waals surface area contributed by atoms with Gasteiger partial charge in [0.1, 0.15) is 5.75 Å². The zero-order valence-electron chi connectivity index (χ0n) is 20.8. The third-order valence-electron chi connectivity index (χ3n) is 6.33. The molecule has 37 heavy (non-hydrogen) atoms. The van der Waals surface area contributed by atoms with Crippen LogP contribution in [0.3, 0.4) is 0 Å². The van der Waals surface area contributed by atoms with Crippen LogP contribution in [0.25, 0.3) is 6.08 Å². The lowest BCUT2D eigenvalue weighted by Crippen LogP contribution is -2.48. The normalized spacial score (nSPS) is 13.6. The zero-order valence-corrected chi connectivity index (χ0v) is 24.0. The molecule has 0 radical (unpaired) electrons. The number of halogens is 2. The van der Waals surface area contributed by atoms with Gasteiger partial charge in [-0.05, 0) is 82.5 Å². The van der Waals surface area contributed by atoms with Gasteiger partial charge >= 0.3 is 0 Å². The molecule has 1 heterocycles. The van der Waals surface area contributed by atoms with Gasteiger partial charge in [-0.3, -0.25) is 9.59 Å². The second-order valence-corrected chi connectivity index (χ2v) is 10.5. The maximum atomic E-state index is 12.9. The molecule has 0 spiro atoms. The van der Waals surface area contributed by atoms with Gasteiger partial charge < -0.3 is 19.9 Å². The number of nitrogens with one attached hydrogen (secondary N) is 1. The number of hydrogen-bond acceptors (Lipinski definition) is 4. The fourth-order valence-corrected chi connectivity index (χ4v) is 5.68. The van der Waals surface area contributed by atoms with Crippen LogP contribution < -0.4 is 15.0 Å². The van der Waals surface area contributed by atoms with E-state index in [2.05, 4.69) is 49.0 Å². The predicted octanol–water partition coefficient (Wildman–Crippen LogP) is 6.40. The van der Waals surface area contributed by atoms with Gasteiger partial charge in [0, 0.05) is 59.2 Å². The number of methoxy groups -OCH3 is 1. The molecule has 0 saturated carbocycles. The quantitative estimate of drug-likeness (QED) is 0.309. The standard InChI is InChI=1S/C29H29Br2N3O3/c1-3-20-4-6-21(7-5-20)29(36)34-16-14-33(15-17-34)25-11-9-24(10-12-25)32-27(35)13-8-22-18-23(30)19-26(31)28(22)37-2/h4-13,18-19H,3,14-17H2,1-2H3,(H,32,35)/b13-8+. The first kappa shape index (κ1) is 26.9. The molecule has 1 aliphatic heterocycles. The number of amides is 2. The summed E-state index contributed by atoms with van der Waals surface area (Å²) in [5.74, 6) is 0.513. The van der Waals surface area contributed by atoms with Crippen LogP contribution in [0, 0.1) is 0 Å². The first-order chi connectivity index (χ1) is 17.9. The molecule has 3 aromatic rings. The highest BCUT2D eigenvalue weighted by atomic mass is 79.9. The van der Waals surface area contributed by atoms with Gasteiger partial charge in [0.25, 0.3) is 5.91 Å². The second kappa shape index (κ2) is 12.4. The SMILES string of the molecule is CCc1ccc(C(=O)N2CCN(c3ccc(NC(=O)/C=C/c4cc(Br)cc(Br)c4OC)cc3)CC2)cc1. The Hall–Kier alpha value is -3.10. The van der Waals surface area contributed by atoms with Crippen molar-refractivity contribution in [3.63, 3.8) is 0 Å². The fraction of sp³-hybridized carbons (Fsp3) is 0.241. The van der Waals surface area contributed by atoms with Crippen molar-refractivity contribution in [2.75, 3.05) is 43.5 Å². The third-order valence-corrected chi connectivity index (χ3v) is 7.38. The van der Waals surface area contributed by atoms with Crippen LogP contribution in [0.1, 0.15) is 28.4 Å². The Kier molecular flexibility index (Phi) is 9.05. The van der Waals surface area contributed by atoms with Crippen molar-refractivity contribution < 1.29 is 14.3 Å². The Bertz CT molecular complexity index is 1280. The maximum Gasteiger partial charge on any atom is 0.253 e. The molecule has 1 fully saturated rings. The lowest BCUT2D eigenvalue weighted by molar-refractivity contribution is -0.111. The summed E-state index contributed by atoms with van der Waals surface area (Å²) in [6, 6.07) is 19.4. The van der Waals surface area contributed by atoms with Crippen molar-refractivity contribution >= 4 is 61.1 Å². The van der Waals surface area contributed by atoms with E-state index in [9.17, 15) is 9.59 Å². The molecule has 192 valence electrons. The number of anilines is 2. The number of hydrogen-bond donors (Lipinski definition) is 1. The number of rotatable bonds is 7. The van der Waals surface area contributed by atoms with Gasteiger partial charge in [0.2, 0.25) is 5.91 Å². The van der Waals surface area contributed by atoms with Gasteiger partial charge in [0.05, 0.1) is 11.6 Å². The van der Waals surface area contributed by atoms with Gasteiger partial charge in [-0.1, -0.05) is 35.0 Å².